The number of carbonyl (C=O) groups excluding carboxylic acids is 1. The lowest BCUT2D eigenvalue weighted by molar-refractivity contribution is 0.0300. The fourth-order valence-electron chi connectivity index (χ4n) is 2.37. The van der Waals surface area contributed by atoms with E-state index in [9.17, 15) is 13.2 Å². The van der Waals surface area contributed by atoms with Crippen LogP contribution in [0.5, 0.6) is 0 Å². The molecule has 1 atom stereocenters. The summed E-state index contributed by atoms with van der Waals surface area (Å²) in [7, 11) is -3.64. The zero-order valence-electron chi connectivity index (χ0n) is 14.2. The van der Waals surface area contributed by atoms with E-state index in [4.69, 9.17) is 4.74 Å². The van der Waals surface area contributed by atoms with E-state index in [1.54, 1.807) is 17.0 Å². The molecule has 1 fully saturated rings. The molecule has 1 aromatic rings. The summed E-state index contributed by atoms with van der Waals surface area (Å²) in [6, 6.07) is 4.57. The molecule has 134 valence electrons. The van der Waals surface area contributed by atoms with Crippen LogP contribution in [0.2, 0.25) is 0 Å². The van der Waals surface area contributed by atoms with Gasteiger partial charge in [0.15, 0.2) is 0 Å². The van der Waals surface area contributed by atoms with Crippen LogP contribution in [0.1, 0.15) is 30.6 Å². The molecule has 24 heavy (non-hydrogen) atoms. The van der Waals surface area contributed by atoms with Crippen molar-refractivity contribution in [3.8, 4) is 0 Å². The predicted molar refractivity (Wildman–Crippen MR) is 95.0 cm³/mol. The quantitative estimate of drug-likeness (QED) is 0.773. The van der Waals surface area contributed by atoms with Gasteiger partial charge in [0.1, 0.15) is 0 Å². The van der Waals surface area contributed by atoms with Crippen molar-refractivity contribution in [2.24, 2.45) is 0 Å². The maximum atomic E-state index is 12.8. The third-order valence-electron chi connectivity index (χ3n) is 3.98. The molecule has 1 N–H and O–H groups in total. The lowest BCUT2D eigenvalue weighted by Crippen LogP contribution is -2.41. The van der Waals surface area contributed by atoms with Gasteiger partial charge in [-0.15, -0.1) is 11.8 Å². The van der Waals surface area contributed by atoms with Gasteiger partial charge in [-0.1, -0.05) is 6.92 Å². The number of amides is 1. The molecule has 0 radical (unpaired) electrons. The Morgan fingerprint density at radius 2 is 2.04 bits per heavy atom. The molecule has 0 bridgehead atoms. The molecule has 6 nitrogen and oxygen atoms in total. The van der Waals surface area contributed by atoms with Gasteiger partial charge in [0.25, 0.3) is 5.91 Å². The van der Waals surface area contributed by atoms with Crippen molar-refractivity contribution >= 4 is 27.7 Å². The first kappa shape index (κ1) is 19.2. The van der Waals surface area contributed by atoms with Crippen LogP contribution >= 0.6 is 11.8 Å². The summed E-state index contributed by atoms with van der Waals surface area (Å²) in [5.41, 5.74) is 0.427. The van der Waals surface area contributed by atoms with E-state index in [0.29, 0.717) is 38.3 Å². The van der Waals surface area contributed by atoms with Crippen LogP contribution in [0.25, 0.3) is 0 Å². The highest BCUT2D eigenvalue weighted by Gasteiger charge is 2.24. The van der Waals surface area contributed by atoms with Gasteiger partial charge in [0.2, 0.25) is 10.0 Å². The number of hydrogen-bond donors (Lipinski definition) is 1. The smallest absolute Gasteiger partial charge is 0.255 e. The summed E-state index contributed by atoms with van der Waals surface area (Å²) in [5, 5.41) is 0. The molecule has 0 aromatic heterocycles. The number of thioether (sulfide) groups is 1. The molecule has 0 unspecified atom stereocenters. The van der Waals surface area contributed by atoms with Gasteiger partial charge in [-0.05, 0) is 37.8 Å². The predicted octanol–water partition coefficient (Wildman–Crippen LogP) is 1.96. The number of benzene rings is 1. The Bertz CT molecular complexity index is 685. The lowest BCUT2D eigenvalue weighted by Gasteiger charge is -2.27. The van der Waals surface area contributed by atoms with E-state index in [1.165, 1.54) is 17.8 Å². The Balaban J connectivity index is 2.35. The fourth-order valence-corrected chi connectivity index (χ4v) is 4.30. The zero-order chi connectivity index (χ0) is 17.7. The standard InChI is InChI=1S/C16H24N2O4S2/c1-4-12(2)17-24(20,21)13-5-6-15(23-3)14(11-13)16(19)18-7-9-22-10-8-18/h5-6,11-12,17H,4,7-10H2,1-3H3/t12-/m0/s1. The van der Waals surface area contributed by atoms with Crippen molar-refractivity contribution in [3.05, 3.63) is 23.8 Å². The second kappa shape index (κ2) is 8.33. The van der Waals surface area contributed by atoms with E-state index < -0.39 is 10.0 Å². The Morgan fingerprint density at radius 3 is 2.62 bits per heavy atom. The van der Waals surface area contributed by atoms with Gasteiger partial charge in [0.05, 0.1) is 23.7 Å². The molecular weight excluding hydrogens is 348 g/mol. The van der Waals surface area contributed by atoms with Crippen molar-refractivity contribution < 1.29 is 17.9 Å². The van der Waals surface area contributed by atoms with Crippen molar-refractivity contribution in [3.63, 3.8) is 0 Å². The summed E-state index contributed by atoms with van der Waals surface area (Å²) in [4.78, 5) is 15.4. The normalized spacial score (nSPS) is 16.9. The number of carbonyl (C=O) groups is 1. The maximum Gasteiger partial charge on any atom is 0.255 e. The average Bonchev–Trinajstić information content (AvgIpc) is 2.60. The highest BCUT2D eigenvalue weighted by atomic mass is 32.2. The van der Waals surface area contributed by atoms with Gasteiger partial charge in [-0.25, -0.2) is 13.1 Å². The van der Waals surface area contributed by atoms with E-state index in [2.05, 4.69) is 4.72 Å². The first-order valence-electron chi connectivity index (χ1n) is 7.96. The van der Waals surface area contributed by atoms with E-state index >= 15 is 0 Å². The van der Waals surface area contributed by atoms with E-state index in [-0.39, 0.29) is 16.8 Å². The molecule has 0 saturated carbocycles. The number of hydrogen-bond acceptors (Lipinski definition) is 5. The Morgan fingerprint density at radius 1 is 1.38 bits per heavy atom. The number of rotatable bonds is 6. The molecule has 1 amide bonds. The van der Waals surface area contributed by atoms with Crippen molar-refractivity contribution in [2.75, 3.05) is 32.6 Å². The van der Waals surface area contributed by atoms with Gasteiger partial charge < -0.3 is 9.64 Å². The van der Waals surface area contributed by atoms with Gasteiger partial charge >= 0.3 is 0 Å². The topological polar surface area (TPSA) is 75.7 Å². The van der Waals surface area contributed by atoms with Crippen LogP contribution in [0.15, 0.2) is 28.0 Å². The maximum absolute atomic E-state index is 12.8. The molecule has 8 heteroatoms. The number of nitrogens with one attached hydrogen (secondary N) is 1. The minimum atomic E-state index is -3.64. The van der Waals surface area contributed by atoms with Crippen LogP contribution in [-0.2, 0) is 14.8 Å². The molecule has 0 aliphatic carbocycles. The van der Waals surface area contributed by atoms with Crippen LogP contribution < -0.4 is 4.72 Å². The van der Waals surface area contributed by atoms with Gasteiger partial charge in [-0.3, -0.25) is 4.79 Å². The molecule has 1 heterocycles. The summed E-state index contributed by atoms with van der Waals surface area (Å²) < 4.78 is 32.9. The van der Waals surface area contributed by atoms with Gasteiger partial charge in [-0.2, -0.15) is 0 Å². The Kier molecular flexibility index (Phi) is 6.68. The van der Waals surface area contributed by atoms with Crippen LogP contribution in [0.3, 0.4) is 0 Å². The highest BCUT2D eigenvalue weighted by molar-refractivity contribution is 7.98. The summed E-state index contributed by atoms with van der Waals surface area (Å²) >= 11 is 1.43. The van der Waals surface area contributed by atoms with Crippen molar-refractivity contribution in [1.29, 1.82) is 0 Å². The van der Waals surface area contributed by atoms with E-state index in [0.717, 1.165) is 4.90 Å². The third kappa shape index (κ3) is 4.50. The van der Waals surface area contributed by atoms with Gasteiger partial charge in [0, 0.05) is 24.0 Å². The molecule has 1 aromatic carbocycles. The largest absolute Gasteiger partial charge is 0.378 e. The monoisotopic (exact) mass is 372 g/mol. The highest BCUT2D eigenvalue weighted by Crippen LogP contribution is 2.25. The molecule has 2 rings (SSSR count). The Labute approximate surface area is 148 Å². The molecule has 1 aliphatic heterocycles. The number of nitrogens with zero attached hydrogens (tertiary/aromatic N) is 1. The summed E-state index contributed by atoms with van der Waals surface area (Å²) in [5.74, 6) is -0.150. The van der Waals surface area contributed by atoms with Crippen molar-refractivity contribution in [1.82, 2.24) is 9.62 Å². The average molecular weight is 373 g/mol. The second-order valence-electron chi connectivity index (χ2n) is 5.70. The number of ether oxygens (including phenoxy) is 1. The van der Waals surface area contributed by atoms with E-state index in [1.807, 2.05) is 20.1 Å². The number of sulfonamides is 1. The Hall–Kier alpha value is -1.09. The lowest BCUT2D eigenvalue weighted by atomic mass is 10.2. The summed E-state index contributed by atoms with van der Waals surface area (Å²) in [6.07, 6.45) is 2.57. The minimum absolute atomic E-state index is 0.122. The SMILES string of the molecule is CC[C@H](C)NS(=O)(=O)c1ccc(SC)c(C(=O)N2CCOCC2)c1. The fraction of sp³-hybridized carbons (Fsp3) is 0.562. The van der Waals surface area contributed by atoms with Crippen molar-refractivity contribution in [2.45, 2.75) is 36.1 Å². The minimum Gasteiger partial charge on any atom is -0.378 e. The van der Waals surface area contributed by atoms with Crippen LogP contribution in [0.4, 0.5) is 0 Å². The first-order valence-corrected chi connectivity index (χ1v) is 10.7. The summed E-state index contributed by atoms with van der Waals surface area (Å²) in [6.45, 7) is 5.79. The molecule has 0 spiro atoms. The molecular formula is C16H24N2O4S2. The third-order valence-corrected chi connectivity index (χ3v) is 6.36. The van der Waals surface area contributed by atoms with Crippen LogP contribution in [-0.4, -0.2) is 57.8 Å². The number of morpholine rings is 1. The second-order valence-corrected chi connectivity index (χ2v) is 8.26. The van der Waals surface area contributed by atoms with Crippen LogP contribution in [0, 0.1) is 0 Å². The zero-order valence-corrected chi connectivity index (χ0v) is 15.9. The molecule has 1 saturated heterocycles. The first-order chi connectivity index (χ1) is 11.4. The molecule has 1 aliphatic rings.